The van der Waals surface area contributed by atoms with Gasteiger partial charge in [-0.05, 0) is 61.2 Å². The van der Waals surface area contributed by atoms with Gasteiger partial charge in [-0.1, -0.05) is 29.8 Å². The minimum absolute atomic E-state index is 0.0376. The first-order chi connectivity index (χ1) is 16.7. The molecule has 2 aliphatic heterocycles. The van der Waals surface area contributed by atoms with E-state index in [1.165, 1.54) is 24.3 Å². The van der Waals surface area contributed by atoms with E-state index in [4.69, 9.17) is 0 Å². The lowest BCUT2D eigenvalue weighted by Crippen LogP contribution is -2.50. The summed E-state index contributed by atoms with van der Waals surface area (Å²) in [4.78, 5) is 28.0. The van der Waals surface area contributed by atoms with E-state index in [0.29, 0.717) is 30.8 Å². The molecule has 2 amide bonds. The van der Waals surface area contributed by atoms with Crippen LogP contribution < -0.4 is 15.6 Å². The van der Waals surface area contributed by atoms with E-state index < -0.39 is 6.36 Å². The fourth-order valence-corrected chi connectivity index (χ4v) is 5.01. The molecule has 9 heteroatoms. The third-order valence-corrected chi connectivity index (χ3v) is 6.59. The highest BCUT2D eigenvalue weighted by Gasteiger charge is 2.37. The van der Waals surface area contributed by atoms with Crippen molar-refractivity contribution in [3.8, 4) is 16.9 Å². The Kier molecular flexibility index (Phi) is 5.78. The first-order valence-electron chi connectivity index (χ1n) is 11.4. The third kappa shape index (κ3) is 4.89. The number of hydrogen-bond donors (Lipinski definition) is 1. The van der Waals surface area contributed by atoms with E-state index in [-0.39, 0.29) is 29.2 Å². The third-order valence-electron chi connectivity index (χ3n) is 6.59. The second kappa shape index (κ2) is 8.79. The molecule has 1 N–H and O–H groups in total. The van der Waals surface area contributed by atoms with Crippen LogP contribution in [0.3, 0.4) is 0 Å². The Morgan fingerprint density at radius 3 is 2.37 bits per heavy atom. The van der Waals surface area contributed by atoms with Crippen LogP contribution in [0.1, 0.15) is 23.6 Å². The lowest BCUT2D eigenvalue weighted by atomic mass is 9.83. The molecule has 1 aromatic heterocycles. The number of pyridine rings is 1. The minimum atomic E-state index is -4.77. The Morgan fingerprint density at radius 2 is 1.69 bits per heavy atom. The first-order valence-corrected chi connectivity index (χ1v) is 11.4. The SMILES string of the molecule is Cc1ccc(NC(=O)N2C[C@@H]3C[C@H](C2)c2ccc(-c4ccc(OC(F)(F)F)cc4)c(=O)n2C3)cc1. The summed E-state index contributed by atoms with van der Waals surface area (Å²) in [5.41, 5.74) is 3.49. The number of amides is 2. The van der Waals surface area contributed by atoms with Crippen molar-refractivity contribution in [3.63, 3.8) is 0 Å². The fraction of sp³-hybridized carbons (Fsp3) is 0.308. The van der Waals surface area contributed by atoms with Gasteiger partial charge < -0.3 is 19.5 Å². The molecule has 182 valence electrons. The van der Waals surface area contributed by atoms with Crippen molar-refractivity contribution in [3.05, 3.63) is 82.3 Å². The first kappa shape index (κ1) is 23.0. The van der Waals surface area contributed by atoms with Crippen LogP contribution in [0.5, 0.6) is 5.75 Å². The summed E-state index contributed by atoms with van der Waals surface area (Å²) in [5, 5.41) is 2.95. The summed E-state index contributed by atoms with van der Waals surface area (Å²) in [6.07, 6.45) is -3.87. The van der Waals surface area contributed by atoms with Crippen LogP contribution in [0.25, 0.3) is 11.1 Å². The predicted octanol–water partition coefficient (Wildman–Crippen LogP) is 5.37. The monoisotopic (exact) mass is 483 g/mol. The van der Waals surface area contributed by atoms with Gasteiger partial charge in [-0.25, -0.2) is 4.79 Å². The van der Waals surface area contributed by atoms with Crippen molar-refractivity contribution in [2.24, 2.45) is 5.92 Å². The molecule has 35 heavy (non-hydrogen) atoms. The van der Waals surface area contributed by atoms with Crippen molar-refractivity contribution in [2.45, 2.75) is 32.2 Å². The largest absolute Gasteiger partial charge is 0.573 e. The number of urea groups is 1. The molecule has 3 heterocycles. The summed E-state index contributed by atoms with van der Waals surface area (Å²) >= 11 is 0. The van der Waals surface area contributed by atoms with Crippen LogP contribution in [0.2, 0.25) is 0 Å². The second-order valence-corrected chi connectivity index (χ2v) is 9.16. The van der Waals surface area contributed by atoms with Crippen molar-refractivity contribution in [2.75, 3.05) is 18.4 Å². The summed E-state index contributed by atoms with van der Waals surface area (Å²) in [7, 11) is 0. The molecule has 0 spiro atoms. The number of carbonyl (C=O) groups excluding carboxylic acids is 1. The van der Waals surface area contributed by atoms with Crippen LogP contribution in [0, 0.1) is 12.8 Å². The number of aromatic nitrogens is 1. The van der Waals surface area contributed by atoms with E-state index in [1.807, 2.05) is 37.3 Å². The smallest absolute Gasteiger partial charge is 0.406 e. The van der Waals surface area contributed by atoms with Crippen molar-refractivity contribution < 1.29 is 22.7 Å². The van der Waals surface area contributed by atoms with Crippen molar-refractivity contribution >= 4 is 11.7 Å². The van der Waals surface area contributed by atoms with Gasteiger partial charge >= 0.3 is 12.4 Å². The van der Waals surface area contributed by atoms with Gasteiger partial charge in [0.05, 0.1) is 0 Å². The Bertz CT molecular complexity index is 1300. The van der Waals surface area contributed by atoms with Gasteiger partial charge in [0.1, 0.15) is 5.75 Å². The maximum Gasteiger partial charge on any atom is 0.573 e. The maximum atomic E-state index is 13.3. The van der Waals surface area contributed by atoms with E-state index in [0.717, 1.165) is 23.4 Å². The standard InChI is InChI=1S/C26H24F3N3O3/c1-16-2-6-20(7-3-16)30-25(34)31-13-17-12-19(15-31)23-11-10-22(24(33)32(23)14-17)18-4-8-21(9-5-18)35-26(27,28)29/h2-11,17,19H,12-15H2,1H3,(H,30,34)/t17-,19+/m0/s1. The van der Waals surface area contributed by atoms with Crippen molar-refractivity contribution in [1.82, 2.24) is 9.47 Å². The molecule has 0 saturated carbocycles. The fourth-order valence-electron chi connectivity index (χ4n) is 5.01. The minimum Gasteiger partial charge on any atom is -0.406 e. The molecule has 2 aliphatic rings. The summed E-state index contributed by atoms with van der Waals surface area (Å²) in [5.74, 6) is -0.158. The molecule has 0 radical (unpaired) electrons. The van der Waals surface area contributed by atoms with Crippen LogP contribution in [-0.2, 0) is 6.54 Å². The van der Waals surface area contributed by atoms with Gasteiger partial charge in [-0.2, -0.15) is 0 Å². The van der Waals surface area contributed by atoms with Gasteiger partial charge in [0.15, 0.2) is 0 Å². The molecule has 0 unspecified atom stereocenters. The number of fused-ring (bicyclic) bond motifs is 4. The number of hydrogen-bond acceptors (Lipinski definition) is 3. The Morgan fingerprint density at radius 1 is 0.971 bits per heavy atom. The number of nitrogens with zero attached hydrogens (tertiary/aromatic N) is 2. The highest BCUT2D eigenvalue weighted by molar-refractivity contribution is 5.89. The number of alkyl halides is 3. The highest BCUT2D eigenvalue weighted by atomic mass is 19.4. The van der Waals surface area contributed by atoms with Gasteiger partial charge in [0.25, 0.3) is 5.56 Å². The number of benzene rings is 2. The van der Waals surface area contributed by atoms with Crippen LogP contribution in [0.4, 0.5) is 23.7 Å². The maximum absolute atomic E-state index is 13.3. The molecule has 6 nitrogen and oxygen atoms in total. The molecule has 3 aromatic rings. The molecule has 0 aliphatic carbocycles. The molecular weight excluding hydrogens is 459 g/mol. The molecule has 2 atom stereocenters. The van der Waals surface area contributed by atoms with Crippen LogP contribution in [-0.4, -0.2) is 34.9 Å². The predicted molar refractivity (Wildman–Crippen MR) is 125 cm³/mol. The molecule has 5 rings (SSSR count). The Labute approximate surface area is 199 Å². The zero-order chi connectivity index (χ0) is 24.7. The number of piperidine rings is 1. The number of rotatable bonds is 3. The Balaban J connectivity index is 1.34. The molecular formula is C26H24F3N3O3. The number of nitrogens with one attached hydrogen (secondary N) is 1. The van der Waals surface area contributed by atoms with Gasteiger partial charge in [-0.3, -0.25) is 4.79 Å². The van der Waals surface area contributed by atoms with Crippen LogP contribution in [0.15, 0.2) is 65.5 Å². The number of ether oxygens (including phenoxy) is 1. The van der Waals surface area contributed by atoms with E-state index in [9.17, 15) is 22.8 Å². The number of halogens is 3. The Hall–Kier alpha value is -3.75. The molecule has 2 aromatic carbocycles. The van der Waals surface area contributed by atoms with Gasteiger partial charge in [-0.15, -0.1) is 13.2 Å². The lowest BCUT2D eigenvalue weighted by molar-refractivity contribution is -0.274. The van der Waals surface area contributed by atoms with E-state index in [1.54, 1.807) is 15.5 Å². The average Bonchev–Trinajstić information content (AvgIpc) is 2.81. The lowest BCUT2D eigenvalue weighted by Gasteiger charge is -2.42. The normalized spacial score (nSPS) is 19.1. The summed E-state index contributed by atoms with van der Waals surface area (Å²) in [6.45, 7) is 3.53. The van der Waals surface area contributed by atoms with Crippen LogP contribution >= 0.6 is 0 Å². The number of carbonyl (C=O) groups is 1. The number of likely N-dealkylation sites (tertiary alicyclic amines) is 1. The summed E-state index contributed by atoms with van der Waals surface area (Å²) < 4.78 is 42.9. The number of anilines is 1. The van der Waals surface area contributed by atoms with Crippen molar-refractivity contribution in [1.29, 1.82) is 0 Å². The van der Waals surface area contributed by atoms with E-state index >= 15 is 0 Å². The quantitative estimate of drug-likeness (QED) is 0.545. The average molecular weight is 483 g/mol. The molecule has 1 saturated heterocycles. The zero-order valence-corrected chi connectivity index (χ0v) is 19.0. The zero-order valence-electron chi connectivity index (χ0n) is 19.0. The molecule has 1 fully saturated rings. The highest BCUT2D eigenvalue weighted by Crippen LogP contribution is 2.36. The van der Waals surface area contributed by atoms with Gasteiger partial charge in [0, 0.05) is 42.5 Å². The van der Waals surface area contributed by atoms with Gasteiger partial charge in [0.2, 0.25) is 0 Å². The summed E-state index contributed by atoms with van der Waals surface area (Å²) in [6, 6.07) is 16.4. The second-order valence-electron chi connectivity index (χ2n) is 9.16. The van der Waals surface area contributed by atoms with E-state index in [2.05, 4.69) is 10.1 Å². The molecule has 2 bridgehead atoms. The topological polar surface area (TPSA) is 63.6 Å². The number of aryl methyl sites for hydroxylation is 1.